The maximum Gasteiger partial charge on any atom is 0.126 e. The molecule has 0 saturated heterocycles. The number of rotatable bonds is 2. The van der Waals surface area contributed by atoms with E-state index >= 15 is 0 Å². The molecule has 16 heavy (non-hydrogen) atoms. The van der Waals surface area contributed by atoms with Crippen LogP contribution in [-0.2, 0) is 6.42 Å². The minimum absolute atomic E-state index is 0.139. The summed E-state index contributed by atoms with van der Waals surface area (Å²) in [6, 6.07) is 13.6. The summed E-state index contributed by atoms with van der Waals surface area (Å²) in [7, 11) is 0. The van der Waals surface area contributed by atoms with E-state index in [4.69, 9.17) is 0 Å². The molecule has 0 aliphatic heterocycles. The van der Waals surface area contributed by atoms with E-state index in [2.05, 4.69) is 19.1 Å². The first-order valence-electron chi connectivity index (χ1n) is 5.56. The summed E-state index contributed by atoms with van der Waals surface area (Å²) >= 11 is 0. The third kappa shape index (κ3) is 2.13. The van der Waals surface area contributed by atoms with E-state index in [0.717, 1.165) is 17.5 Å². The van der Waals surface area contributed by atoms with Crippen molar-refractivity contribution in [3.8, 4) is 11.1 Å². The summed E-state index contributed by atoms with van der Waals surface area (Å²) in [6.07, 6.45) is 1.00. The van der Waals surface area contributed by atoms with Gasteiger partial charge in [-0.05, 0) is 41.7 Å². The summed E-state index contributed by atoms with van der Waals surface area (Å²) in [5.41, 5.74) is 3.99. The molecule has 0 radical (unpaired) electrons. The topological polar surface area (TPSA) is 0 Å². The molecule has 0 aliphatic rings. The van der Waals surface area contributed by atoms with Crippen molar-refractivity contribution >= 4 is 0 Å². The Morgan fingerprint density at radius 2 is 1.75 bits per heavy atom. The van der Waals surface area contributed by atoms with Crippen LogP contribution in [0.2, 0.25) is 0 Å². The molecule has 0 nitrogen and oxygen atoms in total. The Bertz CT molecular complexity index is 501. The van der Waals surface area contributed by atoms with Crippen molar-refractivity contribution < 1.29 is 4.39 Å². The number of aryl methyl sites for hydroxylation is 2. The predicted molar refractivity (Wildman–Crippen MR) is 66.0 cm³/mol. The minimum atomic E-state index is -0.139. The van der Waals surface area contributed by atoms with Gasteiger partial charge in [0.05, 0.1) is 0 Å². The second kappa shape index (κ2) is 4.48. The quantitative estimate of drug-likeness (QED) is 0.696. The van der Waals surface area contributed by atoms with E-state index in [0.29, 0.717) is 5.56 Å². The molecular formula is C15H15F. The summed E-state index contributed by atoms with van der Waals surface area (Å²) in [6.45, 7) is 3.90. The second-order valence-corrected chi connectivity index (χ2v) is 4.02. The van der Waals surface area contributed by atoms with Crippen molar-refractivity contribution in [2.45, 2.75) is 20.3 Å². The molecule has 0 bridgehead atoms. The van der Waals surface area contributed by atoms with Crippen LogP contribution in [0.1, 0.15) is 18.1 Å². The number of hydrogen-bond acceptors (Lipinski definition) is 0. The first kappa shape index (κ1) is 10.9. The van der Waals surface area contributed by atoms with Gasteiger partial charge in [-0.1, -0.05) is 43.3 Å². The van der Waals surface area contributed by atoms with E-state index in [-0.39, 0.29) is 5.82 Å². The van der Waals surface area contributed by atoms with Crippen molar-refractivity contribution in [3.63, 3.8) is 0 Å². The average molecular weight is 214 g/mol. The van der Waals surface area contributed by atoms with Crippen molar-refractivity contribution in [2.24, 2.45) is 0 Å². The molecule has 0 aliphatic carbocycles. The fourth-order valence-electron chi connectivity index (χ4n) is 1.74. The highest BCUT2D eigenvalue weighted by molar-refractivity contribution is 5.64. The van der Waals surface area contributed by atoms with Gasteiger partial charge in [0.1, 0.15) is 5.82 Å². The monoisotopic (exact) mass is 214 g/mol. The molecule has 0 spiro atoms. The Balaban J connectivity index is 2.46. The molecule has 1 heteroatoms. The van der Waals surface area contributed by atoms with E-state index in [1.165, 1.54) is 5.56 Å². The zero-order valence-electron chi connectivity index (χ0n) is 9.63. The van der Waals surface area contributed by atoms with E-state index in [9.17, 15) is 4.39 Å². The lowest BCUT2D eigenvalue weighted by molar-refractivity contribution is 0.619. The van der Waals surface area contributed by atoms with Crippen molar-refractivity contribution in [1.29, 1.82) is 0 Å². The van der Waals surface area contributed by atoms with E-state index in [1.807, 2.05) is 24.3 Å². The Morgan fingerprint density at radius 3 is 2.44 bits per heavy atom. The van der Waals surface area contributed by atoms with Crippen LogP contribution in [0.25, 0.3) is 11.1 Å². The smallest absolute Gasteiger partial charge is 0.126 e. The van der Waals surface area contributed by atoms with Crippen LogP contribution in [0.15, 0.2) is 42.5 Å². The fraction of sp³-hybridized carbons (Fsp3) is 0.200. The summed E-state index contributed by atoms with van der Waals surface area (Å²) in [5.74, 6) is -0.139. The van der Waals surface area contributed by atoms with Gasteiger partial charge in [-0.15, -0.1) is 0 Å². The fourth-order valence-corrected chi connectivity index (χ4v) is 1.74. The Kier molecular flexibility index (Phi) is 3.04. The number of halogens is 1. The highest BCUT2D eigenvalue weighted by Gasteiger charge is 2.02. The largest absolute Gasteiger partial charge is 0.207 e. The molecule has 0 unspecified atom stereocenters. The molecule has 0 N–H and O–H groups in total. The molecule has 0 heterocycles. The van der Waals surface area contributed by atoms with Crippen LogP contribution in [0.4, 0.5) is 4.39 Å². The van der Waals surface area contributed by atoms with Crippen LogP contribution in [0.3, 0.4) is 0 Å². The molecule has 0 aromatic heterocycles. The summed E-state index contributed by atoms with van der Waals surface area (Å²) < 4.78 is 13.4. The summed E-state index contributed by atoms with van der Waals surface area (Å²) in [4.78, 5) is 0. The lowest BCUT2D eigenvalue weighted by Gasteiger charge is -2.05. The zero-order chi connectivity index (χ0) is 11.5. The minimum Gasteiger partial charge on any atom is -0.207 e. The van der Waals surface area contributed by atoms with Crippen molar-refractivity contribution in [1.82, 2.24) is 0 Å². The molecule has 2 aromatic rings. The first-order chi connectivity index (χ1) is 7.70. The number of hydrogen-bond donors (Lipinski definition) is 0. The van der Waals surface area contributed by atoms with Gasteiger partial charge < -0.3 is 0 Å². The molecule has 0 amide bonds. The normalized spacial score (nSPS) is 10.4. The van der Waals surface area contributed by atoms with Crippen LogP contribution in [0.5, 0.6) is 0 Å². The predicted octanol–water partition coefficient (Wildman–Crippen LogP) is 4.36. The molecule has 2 aromatic carbocycles. The lowest BCUT2D eigenvalue weighted by atomic mass is 10.0. The van der Waals surface area contributed by atoms with Gasteiger partial charge >= 0.3 is 0 Å². The van der Waals surface area contributed by atoms with Crippen LogP contribution in [-0.4, -0.2) is 0 Å². The van der Waals surface area contributed by atoms with Gasteiger partial charge in [-0.25, -0.2) is 4.39 Å². The Hall–Kier alpha value is -1.63. The Morgan fingerprint density at radius 1 is 1.00 bits per heavy atom. The second-order valence-electron chi connectivity index (χ2n) is 4.02. The first-order valence-corrected chi connectivity index (χ1v) is 5.56. The molecule has 2 rings (SSSR count). The van der Waals surface area contributed by atoms with Crippen LogP contribution >= 0.6 is 0 Å². The molecule has 82 valence electrons. The van der Waals surface area contributed by atoms with Gasteiger partial charge in [0.2, 0.25) is 0 Å². The highest BCUT2D eigenvalue weighted by Crippen LogP contribution is 2.22. The van der Waals surface area contributed by atoms with Crippen molar-refractivity contribution in [2.75, 3.05) is 0 Å². The van der Waals surface area contributed by atoms with Gasteiger partial charge in [-0.2, -0.15) is 0 Å². The summed E-state index contributed by atoms with van der Waals surface area (Å²) in [5, 5.41) is 0. The van der Waals surface area contributed by atoms with E-state index < -0.39 is 0 Å². The Labute approximate surface area is 95.7 Å². The maximum absolute atomic E-state index is 13.4. The SMILES string of the molecule is CCc1cccc(-c2ccc(C)c(F)c2)c1. The molecule has 0 atom stereocenters. The average Bonchev–Trinajstić information content (AvgIpc) is 2.33. The zero-order valence-corrected chi connectivity index (χ0v) is 9.63. The van der Waals surface area contributed by atoms with Crippen molar-refractivity contribution in [3.05, 3.63) is 59.4 Å². The van der Waals surface area contributed by atoms with Gasteiger partial charge in [0, 0.05) is 0 Å². The highest BCUT2D eigenvalue weighted by atomic mass is 19.1. The standard InChI is InChI=1S/C15H15F/c1-3-12-5-4-6-13(9-12)14-8-7-11(2)15(16)10-14/h4-10H,3H2,1-2H3. The lowest BCUT2D eigenvalue weighted by Crippen LogP contribution is -1.86. The third-order valence-electron chi connectivity index (χ3n) is 2.84. The van der Waals surface area contributed by atoms with E-state index in [1.54, 1.807) is 13.0 Å². The van der Waals surface area contributed by atoms with Crippen LogP contribution in [0, 0.1) is 12.7 Å². The number of benzene rings is 2. The van der Waals surface area contributed by atoms with Gasteiger partial charge in [0.15, 0.2) is 0 Å². The third-order valence-corrected chi connectivity index (χ3v) is 2.84. The molecule has 0 saturated carbocycles. The maximum atomic E-state index is 13.4. The van der Waals surface area contributed by atoms with Gasteiger partial charge in [-0.3, -0.25) is 0 Å². The molecule has 0 fully saturated rings. The molecular weight excluding hydrogens is 199 g/mol. The van der Waals surface area contributed by atoms with Crippen LogP contribution < -0.4 is 0 Å². The van der Waals surface area contributed by atoms with Gasteiger partial charge in [0.25, 0.3) is 0 Å².